The van der Waals surface area contributed by atoms with Crippen molar-refractivity contribution in [1.82, 2.24) is 0 Å². The quantitative estimate of drug-likeness (QED) is 0.0211. The number of esters is 2. The Bertz CT molecular complexity index is 1240. The number of carbonyl (C=O) groups excluding carboxylic acids is 2. The van der Waals surface area contributed by atoms with Crippen molar-refractivity contribution in [3.8, 4) is 0 Å². The van der Waals surface area contributed by atoms with E-state index in [-0.39, 0.29) is 25.6 Å². The highest BCUT2D eigenvalue weighted by Gasteiger charge is 2.27. The number of unbranched alkanes of at least 4 members (excludes halogenated alkanes) is 27. The zero-order valence-corrected chi connectivity index (χ0v) is 43.9. The molecule has 0 rings (SSSR count). The number of quaternary nitrogens is 1. The van der Waals surface area contributed by atoms with Gasteiger partial charge in [-0.2, -0.15) is 0 Å². The molecule has 0 saturated heterocycles. The van der Waals surface area contributed by atoms with Crippen LogP contribution >= 0.6 is 7.82 Å². The van der Waals surface area contributed by atoms with Gasteiger partial charge in [0, 0.05) is 12.8 Å². The van der Waals surface area contributed by atoms with Crippen LogP contribution in [0, 0.1) is 0 Å². The molecule has 0 aromatic carbocycles. The molecule has 0 spiro atoms. The molecule has 380 valence electrons. The third-order valence-electron chi connectivity index (χ3n) is 11.6. The molecule has 0 aliphatic rings. The zero-order valence-electron chi connectivity index (χ0n) is 43.0. The average molecular weight is 937 g/mol. The Morgan fingerprint density at radius 1 is 0.492 bits per heavy atom. The predicted molar refractivity (Wildman–Crippen MR) is 275 cm³/mol. The minimum atomic E-state index is -4.37. The van der Waals surface area contributed by atoms with Crippen LogP contribution < -0.4 is 0 Å². The van der Waals surface area contributed by atoms with Crippen LogP contribution in [0.25, 0.3) is 0 Å². The number of likely N-dealkylation sites (N-methyl/N-ethyl adjacent to an activating group) is 1. The van der Waals surface area contributed by atoms with E-state index in [9.17, 15) is 19.0 Å². The van der Waals surface area contributed by atoms with Crippen molar-refractivity contribution in [2.45, 2.75) is 245 Å². The highest BCUT2D eigenvalue weighted by Crippen LogP contribution is 2.43. The van der Waals surface area contributed by atoms with E-state index in [1.807, 2.05) is 21.1 Å². The normalized spacial score (nSPS) is 13.8. The van der Waals surface area contributed by atoms with Gasteiger partial charge in [0.2, 0.25) is 0 Å². The lowest BCUT2D eigenvalue weighted by Crippen LogP contribution is -2.37. The van der Waals surface area contributed by atoms with E-state index in [0.29, 0.717) is 23.9 Å². The van der Waals surface area contributed by atoms with Crippen molar-refractivity contribution < 1.29 is 42.1 Å². The summed E-state index contributed by atoms with van der Waals surface area (Å²) in [4.78, 5) is 35.3. The zero-order chi connectivity index (χ0) is 47.8. The summed E-state index contributed by atoms with van der Waals surface area (Å²) < 4.78 is 34.3. The molecule has 10 heteroatoms. The number of hydrogen-bond donors (Lipinski definition) is 1. The molecule has 0 aliphatic heterocycles. The summed E-state index contributed by atoms with van der Waals surface area (Å²) in [5.74, 6) is -0.794. The van der Waals surface area contributed by atoms with Gasteiger partial charge in [-0.3, -0.25) is 18.6 Å². The third-order valence-corrected chi connectivity index (χ3v) is 12.6. The Kier molecular flexibility index (Phi) is 45.6. The van der Waals surface area contributed by atoms with Crippen molar-refractivity contribution >= 4 is 19.8 Å². The number of hydrogen-bond acceptors (Lipinski definition) is 7. The summed E-state index contributed by atoms with van der Waals surface area (Å²) in [6.45, 7) is 4.30. The van der Waals surface area contributed by atoms with Crippen LogP contribution in [0.3, 0.4) is 0 Å². The molecular formula is C55H103NO8P+. The van der Waals surface area contributed by atoms with Gasteiger partial charge in [0.15, 0.2) is 6.10 Å². The van der Waals surface area contributed by atoms with Gasteiger partial charge in [0.05, 0.1) is 27.7 Å². The van der Waals surface area contributed by atoms with Gasteiger partial charge in [-0.05, 0) is 51.4 Å². The van der Waals surface area contributed by atoms with Gasteiger partial charge in [0.1, 0.15) is 19.8 Å². The molecule has 0 radical (unpaired) electrons. The lowest BCUT2D eigenvalue weighted by molar-refractivity contribution is -0.870. The maximum atomic E-state index is 12.7. The molecule has 0 aliphatic carbocycles. The first-order chi connectivity index (χ1) is 31.5. The highest BCUT2D eigenvalue weighted by atomic mass is 31.2. The van der Waals surface area contributed by atoms with Crippen LogP contribution in [0.5, 0.6) is 0 Å². The lowest BCUT2D eigenvalue weighted by atomic mass is 10.0. The van der Waals surface area contributed by atoms with Crippen LogP contribution in [-0.4, -0.2) is 74.9 Å². The number of phosphoric acid groups is 1. The summed E-state index contributed by atoms with van der Waals surface area (Å²) in [7, 11) is 1.48. The molecule has 0 heterocycles. The second-order valence-electron chi connectivity index (χ2n) is 19.2. The highest BCUT2D eigenvalue weighted by molar-refractivity contribution is 7.47. The first-order valence-electron chi connectivity index (χ1n) is 26.9. The number of phosphoric ester groups is 1. The second kappa shape index (κ2) is 47.1. The Labute approximate surface area is 401 Å². The fourth-order valence-corrected chi connectivity index (χ4v) is 8.22. The fourth-order valence-electron chi connectivity index (χ4n) is 7.48. The number of ether oxygens (including phenoxy) is 2. The largest absolute Gasteiger partial charge is 0.472 e. The molecule has 0 saturated carbocycles. The van der Waals surface area contributed by atoms with E-state index in [0.717, 1.165) is 57.8 Å². The van der Waals surface area contributed by atoms with E-state index in [1.54, 1.807) is 0 Å². The van der Waals surface area contributed by atoms with Crippen molar-refractivity contribution in [3.63, 3.8) is 0 Å². The molecule has 2 atom stereocenters. The van der Waals surface area contributed by atoms with E-state index in [1.165, 1.54) is 148 Å². The molecule has 0 bridgehead atoms. The molecule has 0 amide bonds. The summed E-state index contributed by atoms with van der Waals surface area (Å²) in [6.07, 6.45) is 57.8. The summed E-state index contributed by atoms with van der Waals surface area (Å²) >= 11 is 0. The Hall–Kier alpha value is -2.03. The molecule has 65 heavy (non-hydrogen) atoms. The first-order valence-corrected chi connectivity index (χ1v) is 28.4. The van der Waals surface area contributed by atoms with Crippen LogP contribution in [0.1, 0.15) is 239 Å². The lowest BCUT2D eigenvalue weighted by Gasteiger charge is -2.24. The van der Waals surface area contributed by atoms with Crippen molar-refractivity contribution in [2.24, 2.45) is 0 Å². The third kappa shape index (κ3) is 51.2. The van der Waals surface area contributed by atoms with Gasteiger partial charge >= 0.3 is 19.8 Å². The SMILES string of the molecule is CC/C=C\C/C=C\C/C=C\C/C=C\CCCCCCCCCCCCCCCCCCCCCCC(=O)OC(COC(=O)CCCCCCCCCC)COP(=O)(O)OCC[N+](C)(C)C. The minimum Gasteiger partial charge on any atom is -0.462 e. The van der Waals surface area contributed by atoms with Gasteiger partial charge in [0.25, 0.3) is 0 Å². The number of rotatable bonds is 49. The number of carbonyl (C=O) groups is 2. The van der Waals surface area contributed by atoms with Crippen LogP contribution in [-0.2, 0) is 32.7 Å². The van der Waals surface area contributed by atoms with E-state index in [4.69, 9.17) is 18.5 Å². The minimum absolute atomic E-state index is 0.0336. The molecule has 2 unspecified atom stereocenters. The molecule has 9 nitrogen and oxygen atoms in total. The molecule has 0 aromatic heterocycles. The van der Waals surface area contributed by atoms with E-state index in [2.05, 4.69) is 62.5 Å². The standard InChI is InChI=1S/C55H102NO8P/c1-6-8-10-12-14-16-17-18-19-20-21-22-23-24-25-26-27-28-29-30-31-32-33-34-35-36-37-38-39-40-42-44-46-48-55(58)64-53(52-63-65(59,60)62-50-49-56(3,4)5)51-61-54(57)47-45-43-41-15-13-11-9-7-2/h8,10,14,16,18-19,21-22,53H,6-7,9,11-13,15,17,20,23-52H2,1-5H3/p+1/b10-8-,16-14-,19-18-,22-21-. The Morgan fingerprint density at radius 2 is 0.877 bits per heavy atom. The van der Waals surface area contributed by atoms with Crippen molar-refractivity contribution in [1.29, 1.82) is 0 Å². The van der Waals surface area contributed by atoms with E-state index >= 15 is 0 Å². The van der Waals surface area contributed by atoms with Gasteiger partial charge < -0.3 is 18.9 Å². The first kappa shape index (κ1) is 63.0. The number of nitrogens with zero attached hydrogens (tertiary/aromatic N) is 1. The smallest absolute Gasteiger partial charge is 0.462 e. The van der Waals surface area contributed by atoms with Gasteiger partial charge in [-0.25, -0.2) is 4.57 Å². The molecule has 0 aromatic rings. The average Bonchev–Trinajstić information content (AvgIpc) is 3.26. The van der Waals surface area contributed by atoms with E-state index < -0.39 is 26.5 Å². The Balaban J connectivity index is 3.92. The summed E-state index contributed by atoms with van der Waals surface area (Å²) in [5.41, 5.74) is 0. The molecular weight excluding hydrogens is 834 g/mol. The van der Waals surface area contributed by atoms with Crippen LogP contribution in [0.4, 0.5) is 0 Å². The fraction of sp³-hybridized carbons (Fsp3) is 0.818. The van der Waals surface area contributed by atoms with Gasteiger partial charge in [-0.1, -0.05) is 223 Å². The van der Waals surface area contributed by atoms with Crippen LogP contribution in [0.2, 0.25) is 0 Å². The maximum Gasteiger partial charge on any atom is 0.472 e. The van der Waals surface area contributed by atoms with Crippen molar-refractivity contribution in [3.05, 3.63) is 48.6 Å². The van der Waals surface area contributed by atoms with Gasteiger partial charge in [-0.15, -0.1) is 0 Å². The maximum absolute atomic E-state index is 12.7. The second-order valence-corrected chi connectivity index (χ2v) is 20.7. The predicted octanol–water partition coefficient (Wildman–Crippen LogP) is 16.2. The van der Waals surface area contributed by atoms with Crippen LogP contribution in [0.15, 0.2) is 48.6 Å². The topological polar surface area (TPSA) is 108 Å². The van der Waals surface area contributed by atoms with Crippen molar-refractivity contribution in [2.75, 3.05) is 47.5 Å². The monoisotopic (exact) mass is 937 g/mol. The molecule has 0 fully saturated rings. The number of allylic oxidation sites excluding steroid dienone is 8. The molecule has 1 N–H and O–H groups in total. The Morgan fingerprint density at radius 3 is 1.31 bits per heavy atom. The summed E-state index contributed by atoms with van der Waals surface area (Å²) in [5, 5.41) is 0. The summed E-state index contributed by atoms with van der Waals surface area (Å²) in [6, 6.07) is 0.